The molecule has 1 heterocycles. The molecule has 3 atom stereocenters. The van der Waals surface area contributed by atoms with Crippen LogP contribution in [-0.4, -0.2) is 22.8 Å². The summed E-state index contributed by atoms with van der Waals surface area (Å²) < 4.78 is 6.23. The molecule has 1 aromatic rings. The van der Waals surface area contributed by atoms with E-state index in [4.69, 9.17) is 4.74 Å². The fourth-order valence-corrected chi connectivity index (χ4v) is 4.82. The predicted octanol–water partition coefficient (Wildman–Crippen LogP) is 3.70. The van der Waals surface area contributed by atoms with Gasteiger partial charge in [-0.1, -0.05) is 32.1 Å². The molecule has 20 heavy (non-hydrogen) atoms. The van der Waals surface area contributed by atoms with Crippen molar-refractivity contribution >= 4 is 16.5 Å². The molecule has 4 nitrogen and oxygen atoms in total. The molecule has 3 unspecified atom stereocenters. The molecule has 112 valence electrons. The molecule has 1 aromatic heterocycles. The van der Waals surface area contributed by atoms with Gasteiger partial charge in [0.25, 0.3) is 0 Å². The van der Waals surface area contributed by atoms with Crippen molar-refractivity contribution in [2.24, 2.45) is 16.7 Å². The third-order valence-electron chi connectivity index (χ3n) is 5.92. The van der Waals surface area contributed by atoms with Gasteiger partial charge in [0.2, 0.25) is 5.13 Å². The predicted molar refractivity (Wildman–Crippen MR) is 81.9 cm³/mol. The maximum absolute atomic E-state index is 6.23. The zero-order valence-corrected chi connectivity index (χ0v) is 13.7. The van der Waals surface area contributed by atoms with Crippen LogP contribution < -0.4 is 5.32 Å². The minimum atomic E-state index is 0.326. The lowest BCUT2D eigenvalue weighted by Gasteiger charge is -2.38. The van der Waals surface area contributed by atoms with Crippen molar-refractivity contribution in [3.8, 4) is 0 Å². The van der Waals surface area contributed by atoms with E-state index in [0.29, 0.717) is 23.5 Å². The van der Waals surface area contributed by atoms with Gasteiger partial charge >= 0.3 is 0 Å². The first-order valence-corrected chi connectivity index (χ1v) is 8.47. The van der Waals surface area contributed by atoms with Crippen molar-refractivity contribution in [3.63, 3.8) is 0 Å². The number of aromatic nitrogens is 2. The number of nitrogens with one attached hydrogen (secondary N) is 1. The van der Waals surface area contributed by atoms with Gasteiger partial charge in [-0.05, 0) is 42.9 Å². The molecule has 3 rings (SSSR count). The third kappa shape index (κ3) is 2.06. The monoisotopic (exact) mass is 295 g/mol. The first-order valence-electron chi connectivity index (χ1n) is 7.65. The van der Waals surface area contributed by atoms with Crippen molar-refractivity contribution < 1.29 is 4.74 Å². The van der Waals surface area contributed by atoms with E-state index in [2.05, 4.69) is 43.2 Å². The van der Waals surface area contributed by atoms with Gasteiger partial charge in [-0.15, -0.1) is 10.2 Å². The van der Waals surface area contributed by atoms with E-state index in [1.54, 1.807) is 11.3 Å². The van der Waals surface area contributed by atoms with Gasteiger partial charge in [-0.25, -0.2) is 0 Å². The van der Waals surface area contributed by atoms with Crippen molar-refractivity contribution in [1.82, 2.24) is 10.2 Å². The van der Waals surface area contributed by atoms with Crippen LogP contribution in [0.2, 0.25) is 0 Å². The largest absolute Gasteiger partial charge is 0.370 e. The number of anilines is 1. The zero-order valence-electron chi connectivity index (χ0n) is 12.9. The Morgan fingerprint density at radius 1 is 1.35 bits per heavy atom. The topological polar surface area (TPSA) is 47.0 Å². The lowest BCUT2D eigenvalue weighted by molar-refractivity contribution is -0.0552. The van der Waals surface area contributed by atoms with Gasteiger partial charge in [-0.3, -0.25) is 0 Å². The molecule has 0 aromatic carbocycles. The Morgan fingerprint density at radius 2 is 2.15 bits per heavy atom. The Morgan fingerprint density at radius 3 is 2.75 bits per heavy atom. The van der Waals surface area contributed by atoms with E-state index < -0.39 is 0 Å². The minimum Gasteiger partial charge on any atom is -0.370 e. The Kier molecular flexibility index (Phi) is 3.53. The SMILES string of the molecule is CCNc1nnc(COC2CC3CCC2(C)C3(C)C)s1. The molecule has 0 spiro atoms. The Balaban J connectivity index is 1.62. The quantitative estimate of drug-likeness (QED) is 0.899. The minimum absolute atomic E-state index is 0.326. The summed E-state index contributed by atoms with van der Waals surface area (Å²) in [7, 11) is 0. The number of hydrogen-bond donors (Lipinski definition) is 1. The molecule has 5 heteroatoms. The molecule has 2 fully saturated rings. The fraction of sp³-hybridized carbons (Fsp3) is 0.867. The fourth-order valence-electron chi connectivity index (χ4n) is 4.09. The van der Waals surface area contributed by atoms with Crippen molar-refractivity contribution in [1.29, 1.82) is 0 Å². The van der Waals surface area contributed by atoms with E-state index in [-0.39, 0.29) is 0 Å². The molecule has 2 aliphatic carbocycles. The summed E-state index contributed by atoms with van der Waals surface area (Å²) in [4.78, 5) is 0. The van der Waals surface area contributed by atoms with Crippen molar-refractivity contribution in [2.45, 2.75) is 59.7 Å². The normalized spacial score (nSPS) is 34.6. The van der Waals surface area contributed by atoms with Crippen LogP contribution >= 0.6 is 11.3 Å². The molecule has 2 bridgehead atoms. The number of nitrogens with zero attached hydrogens (tertiary/aromatic N) is 2. The molecule has 0 radical (unpaired) electrons. The maximum atomic E-state index is 6.23. The van der Waals surface area contributed by atoms with Gasteiger partial charge in [0, 0.05) is 6.54 Å². The summed E-state index contributed by atoms with van der Waals surface area (Å²) in [6, 6.07) is 0. The lowest BCUT2D eigenvalue weighted by atomic mass is 9.70. The van der Waals surface area contributed by atoms with E-state index in [1.165, 1.54) is 19.3 Å². The van der Waals surface area contributed by atoms with Gasteiger partial charge in [0.1, 0.15) is 11.6 Å². The Hall–Kier alpha value is -0.680. The van der Waals surface area contributed by atoms with E-state index >= 15 is 0 Å². The highest BCUT2D eigenvalue weighted by atomic mass is 32.1. The van der Waals surface area contributed by atoms with Gasteiger partial charge < -0.3 is 10.1 Å². The first-order chi connectivity index (χ1) is 9.47. The second kappa shape index (κ2) is 4.95. The molecule has 0 aliphatic heterocycles. The van der Waals surface area contributed by atoms with Crippen LogP contribution in [0.1, 0.15) is 52.0 Å². The van der Waals surface area contributed by atoms with Gasteiger partial charge in [0.05, 0.1) is 6.10 Å². The molecule has 2 saturated carbocycles. The van der Waals surface area contributed by atoms with Crippen LogP contribution in [0.3, 0.4) is 0 Å². The summed E-state index contributed by atoms with van der Waals surface area (Å²) in [5.41, 5.74) is 0.737. The molecular formula is C15H25N3OS. The molecule has 0 amide bonds. The summed E-state index contributed by atoms with van der Waals surface area (Å²) in [6.07, 6.45) is 4.26. The smallest absolute Gasteiger partial charge is 0.205 e. The average molecular weight is 295 g/mol. The molecular weight excluding hydrogens is 270 g/mol. The number of fused-ring (bicyclic) bond motifs is 2. The van der Waals surface area contributed by atoms with Crippen LogP contribution in [0.25, 0.3) is 0 Å². The average Bonchev–Trinajstić information content (AvgIpc) is 2.98. The van der Waals surface area contributed by atoms with Crippen LogP contribution in [0.15, 0.2) is 0 Å². The highest BCUT2D eigenvalue weighted by Gasteiger charge is 2.61. The highest BCUT2D eigenvalue weighted by Crippen LogP contribution is 2.66. The van der Waals surface area contributed by atoms with Crippen LogP contribution in [0, 0.1) is 16.7 Å². The highest BCUT2D eigenvalue weighted by molar-refractivity contribution is 7.15. The van der Waals surface area contributed by atoms with Crippen molar-refractivity contribution in [2.75, 3.05) is 11.9 Å². The maximum Gasteiger partial charge on any atom is 0.205 e. The molecule has 1 N–H and O–H groups in total. The standard InChI is InChI=1S/C15H25N3OS/c1-5-16-13-18-17-12(20-13)9-19-11-8-10-6-7-15(11,4)14(10,2)3/h10-11H,5-9H2,1-4H3,(H,16,18). The summed E-state index contributed by atoms with van der Waals surface area (Å²) in [5.74, 6) is 0.823. The Labute approximate surface area is 125 Å². The number of rotatable bonds is 5. The first kappa shape index (κ1) is 14.3. The van der Waals surface area contributed by atoms with Gasteiger partial charge in [0.15, 0.2) is 0 Å². The summed E-state index contributed by atoms with van der Waals surface area (Å²) in [6.45, 7) is 10.8. The molecule has 2 aliphatic rings. The summed E-state index contributed by atoms with van der Waals surface area (Å²) in [5, 5.41) is 13.4. The number of ether oxygens (including phenoxy) is 1. The summed E-state index contributed by atoms with van der Waals surface area (Å²) >= 11 is 1.60. The zero-order chi connectivity index (χ0) is 14.4. The third-order valence-corrected chi connectivity index (χ3v) is 6.77. The van der Waals surface area contributed by atoms with Crippen LogP contribution in [0.5, 0.6) is 0 Å². The van der Waals surface area contributed by atoms with Crippen molar-refractivity contribution in [3.05, 3.63) is 5.01 Å². The Bertz CT molecular complexity index is 487. The van der Waals surface area contributed by atoms with Crippen LogP contribution in [-0.2, 0) is 11.3 Å². The van der Waals surface area contributed by atoms with Gasteiger partial charge in [-0.2, -0.15) is 0 Å². The second-order valence-electron chi connectivity index (χ2n) is 6.94. The van der Waals surface area contributed by atoms with E-state index in [0.717, 1.165) is 22.6 Å². The molecule has 0 saturated heterocycles. The second-order valence-corrected chi connectivity index (χ2v) is 8.00. The lowest BCUT2D eigenvalue weighted by Crippen LogP contribution is -2.37. The van der Waals surface area contributed by atoms with E-state index in [1.807, 2.05) is 0 Å². The van der Waals surface area contributed by atoms with Crippen LogP contribution in [0.4, 0.5) is 5.13 Å². The number of hydrogen-bond acceptors (Lipinski definition) is 5. The van der Waals surface area contributed by atoms with E-state index in [9.17, 15) is 0 Å².